The number of hydrogen-bond donors (Lipinski definition) is 2. The van der Waals surface area contributed by atoms with Crippen LogP contribution in [-0.2, 0) is 0 Å². The monoisotopic (exact) mass is 331 g/mol. The molecule has 2 N–H and O–H groups in total. The number of benzene rings is 1. The number of nitrogens with one attached hydrogen (secondary N) is 1. The van der Waals surface area contributed by atoms with Crippen molar-refractivity contribution in [3.63, 3.8) is 0 Å². The molecule has 1 aromatic carbocycles. The van der Waals surface area contributed by atoms with Crippen molar-refractivity contribution in [1.29, 1.82) is 0 Å². The fraction of sp³-hybridized carbons (Fsp3) is 0.462. The smallest absolute Gasteiger partial charge is 0.251 e. The molecule has 18 heavy (non-hydrogen) atoms. The van der Waals surface area contributed by atoms with E-state index in [-0.39, 0.29) is 12.5 Å². The van der Waals surface area contributed by atoms with Gasteiger partial charge in [0.2, 0.25) is 0 Å². The largest absolute Gasteiger partial charge is 0.396 e. The van der Waals surface area contributed by atoms with Crippen LogP contribution in [0.15, 0.2) is 22.7 Å². The second-order valence-corrected chi connectivity index (χ2v) is 6.05. The lowest BCUT2D eigenvalue weighted by Crippen LogP contribution is -2.26. The molecule has 0 bridgehead atoms. The Kier molecular flexibility index (Phi) is 7.39. The lowest BCUT2D eigenvalue weighted by molar-refractivity contribution is 0.0955. The third-order valence-electron chi connectivity index (χ3n) is 2.41. The molecule has 0 fully saturated rings. The minimum Gasteiger partial charge on any atom is -0.396 e. The Morgan fingerprint density at radius 3 is 2.89 bits per heavy atom. The summed E-state index contributed by atoms with van der Waals surface area (Å²) in [5.74, 6) is 1.79. The standard InChI is InChI=1S/C13H18BrNO2S/c1-10-9-11(14)3-4-12(10)13(17)15-5-8-18-7-2-6-16/h3-4,9,16H,2,5-8H2,1H3,(H,15,17). The summed E-state index contributed by atoms with van der Waals surface area (Å²) in [7, 11) is 0. The molecule has 1 aromatic rings. The van der Waals surface area contributed by atoms with Crippen molar-refractivity contribution >= 4 is 33.6 Å². The average molecular weight is 332 g/mol. The summed E-state index contributed by atoms with van der Waals surface area (Å²) in [6, 6.07) is 5.64. The maximum Gasteiger partial charge on any atom is 0.251 e. The molecule has 0 spiro atoms. The van der Waals surface area contributed by atoms with Gasteiger partial charge in [-0.25, -0.2) is 0 Å². The van der Waals surface area contributed by atoms with E-state index in [4.69, 9.17) is 5.11 Å². The molecule has 3 nitrogen and oxygen atoms in total. The average Bonchev–Trinajstić information content (AvgIpc) is 2.33. The van der Waals surface area contributed by atoms with Crippen LogP contribution < -0.4 is 5.32 Å². The molecule has 0 aromatic heterocycles. The summed E-state index contributed by atoms with van der Waals surface area (Å²) in [6.07, 6.45) is 0.810. The summed E-state index contributed by atoms with van der Waals surface area (Å²) in [4.78, 5) is 11.9. The van der Waals surface area contributed by atoms with Crippen LogP contribution in [0, 0.1) is 6.92 Å². The van der Waals surface area contributed by atoms with Crippen molar-refractivity contribution in [2.45, 2.75) is 13.3 Å². The molecule has 0 saturated heterocycles. The van der Waals surface area contributed by atoms with E-state index in [1.54, 1.807) is 11.8 Å². The van der Waals surface area contributed by atoms with Crippen LogP contribution in [0.5, 0.6) is 0 Å². The summed E-state index contributed by atoms with van der Waals surface area (Å²) in [6.45, 7) is 2.82. The second kappa shape index (κ2) is 8.56. The maximum atomic E-state index is 11.9. The maximum absolute atomic E-state index is 11.9. The number of amides is 1. The zero-order valence-electron chi connectivity index (χ0n) is 10.4. The van der Waals surface area contributed by atoms with Gasteiger partial charge < -0.3 is 10.4 Å². The highest BCUT2D eigenvalue weighted by Gasteiger charge is 2.07. The number of carbonyl (C=O) groups is 1. The van der Waals surface area contributed by atoms with E-state index in [0.29, 0.717) is 6.54 Å². The third kappa shape index (κ3) is 5.42. The fourth-order valence-corrected chi connectivity index (χ4v) is 2.74. The normalized spacial score (nSPS) is 10.4. The first-order chi connectivity index (χ1) is 8.65. The van der Waals surface area contributed by atoms with Gasteiger partial charge in [0.25, 0.3) is 5.91 Å². The summed E-state index contributed by atoms with van der Waals surface area (Å²) >= 11 is 5.12. The van der Waals surface area contributed by atoms with Crippen LogP contribution in [0.25, 0.3) is 0 Å². The van der Waals surface area contributed by atoms with Crippen molar-refractivity contribution < 1.29 is 9.90 Å². The molecule has 100 valence electrons. The third-order valence-corrected chi connectivity index (χ3v) is 3.98. The minimum absolute atomic E-state index is 0.0252. The van der Waals surface area contributed by atoms with Crippen LogP contribution in [0.3, 0.4) is 0 Å². The molecule has 0 atom stereocenters. The molecule has 0 aliphatic carbocycles. The highest BCUT2D eigenvalue weighted by molar-refractivity contribution is 9.10. The number of aryl methyl sites for hydroxylation is 1. The molecule has 1 amide bonds. The Bertz CT molecular complexity index is 399. The van der Waals surface area contributed by atoms with E-state index in [1.165, 1.54) is 0 Å². The van der Waals surface area contributed by atoms with Crippen molar-refractivity contribution in [1.82, 2.24) is 5.32 Å². The highest BCUT2D eigenvalue weighted by atomic mass is 79.9. The van der Waals surface area contributed by atoms with Crippen LogP contribution in [0.2, 0.25) is 0 Å². The highest BCUT2D eigenvalue weighted by Crippen LogP contribution is 2.15. The van der Waals surface area contributed by atoms with Crippen molar-refractivity contribution in [3.8, 4) is 0 Å². The number of rotatable bonds is 7. The summed E-state index contributed by atoms with van der Waals surface area (Å²) < 4.78 is 0.983. The molecule has 0 saturated carbocycles. The van der Waals surface area contributed by atoms with E-state index < -0.39 is 0 Å². The van der Waals surface area contributed by atoms with Gasteiger partial charge in [-0.3, -0.25) is 4.79 Å². The molecule has 1 rings (SSSR count). The summed E-state index contributed by atoms with van der Waals surface area (Å²) in [5.41, 5.74) is 1.69. The number of thioether (sulfide) groups is 1. The minimum atomic E-state index is -0.0252. The van der Waals surface area contributed by atoms with Gasteiger partial charge in [0.05, 0.1) is 0 Å². The molecular weight excluding hydrogens is 314 g/mol. The topological polar surface area (TPSA) is 49.3 Å². The second-order valence-electron chi connectivity index (χ2n) is 3.90. The fourth-order valence-electron chi connectivity index (χ4n) is 1.48. The predicted octanol–water partition coefficient (Wildman–Crippen LogP) is 2.60. The first-order valence-corrected chi connectivity index (χ1v) is 7.83. The number of aliphatic hydroxyl groups excluding tert-OH is 1. The van der Waals surface area contributed by atoms with Gasteiger partial charge in [0, 0.05) is 28.9 Å². The summed E-state index contributed by atoms with van der Waals surface area (Å²) in [5, 5.41) is 11.5. The molecule has 0 radical (unpaired) electrons. The zero-order valence-corrected chi connectivity index (χ0v) is 12.8. The Hall–Kier alpha value is -0.520. The van der Waals surface area contributed by atoms with Gasteiger partial charge in [-0.1, -0.05) is 15.9 Å². The van der Waals surface area contributed by atoms with Gasteiger partial charge >= 0.3 is 0 Å². The Balaban J connectivity index is 2.32. The van der Waals surface area contributed by atoms with Crippen molar-refractivity contribution in [2.24, 2.45) is 0 Å². The predicted molar refractivity (Wildman–Crippen MR) is 80.2 cm³/mol. The number of halogens is 1. The zero-order chi connectivity index (χ0) is 13.4. The van der Waals surface area contributed by atoms with Crippen molar-refractivity contribution in [3.05, 3.63) is 33.8 Å². The number of carbonyl (C=O) groups excluding carboxylic acids is 1. The molecule has 0 heterocycles. The van der Waals surface area contributed by atoms with E-state index in [0.717, 1.165) is 33.5 Å². The lowest BCUT2D eigenvalue weighted by Gasteiger charge is -2.07. The molecule has 0 unspecified atom stereocenters. The van der Waals surface area contributed by atoms with E-state index >= 15 is 0 Å². The van der Waals surface area contributed by atoms with Gasteiger partial charge in [-0.2, -0.15) is 11.8 Å². The van der Waals surface area contributed by atoms with Crippen LogP contribution in [-0.4, -0.2) is 35.7 Å². The van der Waals surface area contributed by atoms with E-state index in [9.17, 15) is 4.79 Å². The van der Waals surface area contributed by atoms with Gasteiger partial charge in [-0.15, -0.1) is 0 Å². The molecule has 0 aliphatic heterocycles. The quantitative estimate of drug-likeness (QED) is 0.755. The first kappa shape index (κ1) is 15.5. The first-order valence-electron chi connectivity index (χ1n) is 5.88. The van der Waals surface area contributed by atoms with Crippen LogP contribution in [0.4, 0.5) is 0 Å². The van der Waals surface area contributed by atoms with Crippen molar-refractivity contribution in [2.75, 3.05) is 24.7 Å². The molecule has 5 heteroatoms. The van der Waals surface area contributed by atoms with E-state index in [2.05, 4.69) is 21.2 Å². The SMILES string of the molecule is Cc1cc(Br)ccc1C(=O)NCCSCCCO. The van der Waals surface area contributed by atoms with Gasteiger partial charge in [0.15, 0.2) is 0 Å². The van der Waals surface area contributed by atoms with Crippen LogP contribution in [0.1, 0.15) is 22.3 Å². The Labute approximate surface area is 120 Å². The molecule has 0 aliphatic rings. The lowest BCUT2D eigenvalue weighted by atomic mass is 10.1. The number of hydrogen-bond acceptors (Lipinski definition) is 3. The Morgan fingerprint density at radius 1 is 1.44 bits per heavy atom. The van der Waals surface area contributed by atoms with E-state index in [1.807, 2.05) is 25.1 Å². The molecular formula is C13H18BrNO2S. The van der Waals surface area contributed by atoms with Gasteiger partial charge in [0.1, 0.15) is 0 Å². The van der Waals surface area contributed by atoms with Crippen LogP contribution >= 0.6 is 27.7 Å². The number of aliphatic hydroxyl groups is 1. The van der Waals surface area contributed by atoms with Gasteiger partial charge in [-0.05, 0) is 42.9 Å². The Morgan fingerprint density at radius 2 is 2.22 bits per heavy atom.